The third-order valence-electron chi connectivity index (χ3n) is 4.27. The summed E-state index contributed by atoms with van der Waals surface area (Å²) in [5, 5.41) is 8.39. The van der Waals surface area contributed by atoms with Gasteiger partial charge in [0.05, 0.1) is 17.9 Å². The zero-order valence-corrected chi connectivity index (χ0v) is 13.4. The number of aromatic nitrogens is 3. The molecule has 6 nitrogen and oxygen atoms in total. The number of aryl methyl sites for hydroxylation is 3. The molecule has 3 heterocycles. The van der Waals surface area contributed by atoms with Gasteiger partial charge in [0.2, 0.25) is 0 Å². The fourth-order valence-corrected chi connectivity index (χ4v) is 3.08. The minimum absolute atomic E-state index is 0.0316. The van der Waals surface area contributed by atoms with Gasteiger partial charge in [0.15, 0.2) is 0 Å². The van der Waals surface area contributed by atoms with E-state index >= 15 is 0 Å². The van der Waals surface area contributed by atoms with Gasteiger partial charge in [-0.25, -0.2) is 0 Å². The quantitative estimate of drug-likeness (QED) is 0.874. The highest BCUT2D eigenvalue weighted by Crippen LogP contribution is 2.24. The van der Waals surface area contributed by atoms with Gasteiger partial charge < -0.3 is 9.42 Å². The van der Waals surface area contributed by atoms with Crippen molar-refractivity contribution in [1.82, 2.24) is 19.8 Å². The van der Waals surface area contributed by atoms with Crippen molar-refractivity contribution in [3.8, 4) is 0 Å². The first kappa shape index (κ1) is 14.8. The smallest absolute Gasteiger partial charge is 0.259 e. The minimum atomic E-state index is 0.0316. The minimum Gasteiger partial charge on any atom is -0.361 e. The molecule has 118 valence electrons. The summed E-state index contributed by atoms with van der Waals surface area (Å²) in [5.74, 6) is 0.642. The average Bonchev–Trinajstić information content (AvgIpc) is 3.12. The van der Waals surface area contributed by atoms with Gasteiger partial charge in [-0.1, -0.05) is 12.1 Å². The van der Waals surface area contributed by atoms with Crippen LogP contribution in [0.15, 0.2) is 16.9 Å². The lowest BCUT2D eigenvalue weighted by atomic mass is 10.0. The van der Waals surface area contributed by atoms with E-state index in [1.807, 2.05) is 35.8 Å². The van der Waals surface area contributed by atoms with Gasteiger partial charge in [-0.15, -0.1) is 0 Å². The van der Waals surface area contributed by atoms with Crippen molar-refractivity contribution in [1.29, 1.82) is 0 Å². The number of hydrogen-bond acceptors (Lipinski definition) is 4. The Morgan fingerprint density at radius 3 is 2.95 bits per heavy atom. The Kier molecular flexibility index (Phi) is 4.00. The fourth-order valence-electron chi connectivity index (χ4n) is 3.08. The number of amides is 1. The highest BCUT2D eigenvalue weighted by molar-refractivity contribution is 5.96. The van der Waals surface area contributed by atoms with E-state index in [-0.39, 0.29) is 11.9 Å². The summed E-state index contributed by atoms with van der Waals surface area (Å²) < 4.78 is 7.18. The fraction of sp³-hybridized carbons (Fsp3) is 0.562. The molecule has 0 radical (unpaired) electrons. The monoisotopic (exact) mass is 302 g/mol. The first-order valence-electron chi connectivity index (χ1n) is 7.85. The molecule has 0 aromatic carbocycles. The van der Waals surface area contributed by atoms with Crippen molar-refractivity contribution in [3.05, 3.63) is 35.0 Å². The van der Waals surface area contributed by atoms with Crippen molar-refractivity contribution in [3.63, 3.8) is 0 Å². The molecule has 1 atom stereocenters. The van der Waals surface area contributed by atoms with Crippen molar-refractivity contribution in [2.24, 2.45) is 0 Å². The van der Waals surface area contributed by atoms with Crippen LogP contribution < -0.4 is 0 Å². The highest BCUT2D eigenvalue weighted by Gasteiger charge is 2.29. The van der Waals surface area contributed by atoms with Crippen LogP contribution in [0.2, 0.25) is 0 Å². The van der Waals surface area contributed by atoms with Gasteiger partial charge in [-0.3, -0.25) is 9.48 Å². The van der Waals surface area contributed by atoms with Crippen molar-refractivity contribution >= 4 is 5.91 Å². The largest absolute Gasteiger partial charge is 0.361 e. The topological polar surface area (TPSA) is 64.2 Å². The van der Waals surface area contributed by atoms with Crippen LogP contribution in [0.3, 0.4) is 0 Å². The lowest BCUT2D eigenvalue weighted by molar-refractivity contribution is 0.0670. The highest BCUT2D eigenvalue weighted by atomic mass is 16.5. The van der Waals surface area contributed by atoms with Crippen LogP contribution in [0.4, 0.5) is 0 Å². The lowest BCUT2D eigenvalue weighted by Crippen LogP contribution is -2.41. The van der Waals surface area contributed by atoms with Crippen LogP contribution >= 0.6 is 0 Å². The Balaban J connectivity index is 1.79. The van der Waals surface area contributed by atoms with E-state index < -0.39 is 0 Å². The van der Waals surface area contributed by atoms with E-state index in [2.05, 4.69) is 10.3 Å². The Bertz CT molecular complexity index is 673. The molecule has 0 N–H and O–H groups in total. The molecular formula is C16H22N4O2. The maximum atomic E-state index is 12.8. The third-order valence-corrected chi connectivity index (χ3v) is 4.27. The maximum absolute atomic E-state index is 12.8. The Morgan fingerprint density at radius 2 is 2.27 bits per heavy atom. The Morgan fingerprint density at radius 1 is 1.45 bits per heavy atom. The summed E-state index contributed by atoms with van der Waals surface area (Å²) in [4.78, 5) is 14.7. The van der Waals surface area contributed by atoms with Crippen LogP contribution in [0.25, 0.3) is 0 Å². The maximum Gasteiger partial charge on any atom is 0.259 e. The number of piperidine rings is 1. The van der Waals surface area contributed by atoms with Crippen LogP contribution in [-0.4, -0.2) is 38.8 Å². The van der Waals surface area contributed by atoms with E-state index in [0.717, 1.165) is 30.6 Å². The first-order valence-corrected chi connectivity index (χ1v) is 7.85. The number of nitrogens with zero attached hydrogens (tertiary/aromatic N) is 4. The summed E-state index contributed by atoms with van der Waals surface area (Å²) in [5.41, 5.74) is 2.53. The first-order chi connectivity index (χ1) is 10.6. The number of rotatable bonds is 3. The summed E-state index contributed by atoms with van der Waals surface area (Å²) in [7, 11) is 0. The second-order valence-corrected chi connectivity index (χ2v) is 5.96. The third kappa shape index (κ3) is 2.65. The zero-order valence-electron chi connectivity index (χ0n) is 13.4. The van der Waals surface area contributed by atoms with Gasteiger partial charge in [-0.2, -0.15) is 5.10 Å². The number of hydrogen-bond donors (Lipinski definition) is 0. The Labute approximate surface area is 130 Å². The van der Waals surface area contributed by atoms with E-state index in [4.69, 9.17) is 4.52 Å². The molecule has 1 aliphatic rings. The van der Waals surface area contributed by atoms with Gasteiger partial charge in [0.1, 0.15) is 11.3 Å². The second kappa shape index (κ2) is 5.94. The predicted molar refractivity (Wildman–Crippen MR) is 81.8 cm³/mol. The molecule has 0 unspecified atom stereocenters. The Hall–Kier alpha value is -2.11. The molecule has 0 saturated carbocycles. The van der Waals surface area contributed by atoms with Gasteiger partial charge in [0, 0.05) is 19.3 Å². The average molecular weight is 302 g/mol. The van der Waals surface area contributed by atoms with Crippen LogP contribution in [-0.2, 0) is 6.42 Å². The summed E-state index contributed by atoms with van der Waals surface area (Å²) in [6.45, 7) is 7.29. The molecule has 2 aromatic heterocycles. The summed E-state index contributed by atoms with van der Waals surface area (Å²) in [6.07, 6.45) is 6.64. The SMILES string of the molecule is CCc1noc(C)c1C(=O)N1CCC[C@@H](n2cc(C)cn2)C1. The number of carbonyl (C=O) groups is 1. The van der Waals surface area contributed by atoms with Crippen molar-refractivity contribution in [2.45, 2.75) is 46.1 Å². The molecule has 2 aromatic rings. The molecule has 1 aliphatic heterocycles. The molecule has 0 spiro atoms. The van der Waals surface area contributed by atoms with E-state index in [9.17, 15) is 4.79 Å². The molecule has 3 rings (SSSR count). The molecular weight excluding hydrogens is 280 g/mol. The summed E-state index contributed by atoms with van der Waals surface area (Å²) >= 11 is 0. The molecule has 1 saturated heterocycles. The molecule has 0 aliphatic carbocycles. The van der Waals surface area contributed by atoms with E-state index in [0.29, 0.717) is 24.3 Å². The normalized spacial score (nSPS) is 18.7. The van der Waals surface area contributed by atoms with Gasteiger partial charge >= 0.3 is 0 Å². The van der Waals surface area contributed by atoms with E-state index in [1.54, 1.807) is 6.92 Å². The van der Waals surface area contributed by atoms with Crippen molar-refractivity contribution < 1.29 is 9.32 Å². The van der Waals surface area contributed by atoms with Gasteiger partial charge in [0.25, 0.3) is 5.91 Å². The van der Waals surface area contributed by atoms with Crippen LogP contribution in [0, 0.1) is 13.8 Å². The molecule has 6 heteroatoms. The number of carbonyl (C=O) groups excluding carboxylic acids is 1. The molecule has 22 heavy (non-hydrogen) atoms. The second-order valence-electron chi connectivity index (χ2n) is 5.96. The number of likely N-dealkylation sites (tertiary alicyclic amines) is 1. The van der Waals surface area contributed by atoms with Crippen LogP contribution in [0.1, 0.15) is 53.2 Å². The van der Waals surface area contributed by atoms with Gasteiger partial charge in [-0.05, 0) is 38.7 Å². The molecule has 1 fully saturated rings. The molecule has 1 amide bonds. The zero-order chi connectivity index (χ0) is 15.7. The lowest BCUT2D eigenvalue weighted by Gasteiger charge is -2.32. The predicted octanol–water partition coefficient (Wildman–Crippen LogP) is 2.53. The van der Waals surface area contributed by atoms with Crippen molar-refractivity contribution in [2.75, 3.05) is 13.1 Å². The summed E-state index contributed by atoms with van der Waals surface area (Å²) in [6, 6.07) is 0.247. The van der Waals surface area contributed by atoms with Crippen LogP contribution in [0.5, 0.6) is 0 Å². The van der Waals surface area contributed by atoms with E-state index in [1.165, 1.54) is 0 Å². The molecule has 0 bridgehead atoms. The standard InChI is InChI=1S/C16H22N4O2/c1-4-14-15(12(3)22-18-14)16(21)19-7-5-6-13(10-19)20-9-11(2)8-17-20/h8-9,13H,4-7,10H2,1-3H3/t13-/m1/s1.